The molecule has 0 spiro atoms. The van der Waals surface area contributed by atoms with Crippen molar-refractivity contribution in [2.24, 2.45) is 5.10 Å². The van der Waals surface area contributed by atoms with Gasteiger partial charge in [-0.25, -0.2) is 10.2 Å². The quantitative estimate of drug-likeness (QED) is 0.194. The molecule has 6 nitrogen and oxygen atoms in total. The van der Waals surface area contributed by atoms with Crippen molar-refractivity contribution in [1.29, 1.82) is 0 Å². The lowest BCUT2D eigenvalue weighted by Gasteiger charge is -2.07. The van der Waals surface area contributed by atoms with Gasteiger partial charge in [0.1, 0.15) is 11.5 Å². The number of carbonyl (C=O) groups is 2. The first kappa shape index (κ1) is 22.8. The number of nitrogens with zero attached hydrogens (tertiary/aromatic N) is 1. The zero-order valence-electron chi connectivity index (χ0n) is 16.1. The lowest BCUT2D eigenvalue weighted by Crippen LogP contribution is -2.18. The third kappa shape index (κ3) is 6.07. The molecule has 0 radical (unpaired) electrons. The van der Waals surface area contributed by atoms with Crippen LogP contribution in [-0.2, 0) is 0 Å². The molecule has 0 fully saturated rings. The summed E-state index contributed by atoms with van der Waals surface area (Å²) in [6, 6.07) is 16.2. The van der Waals surface area contributed by atoms with Crippen molar-refractivity contribution in [2.45, 2.75) is 0 Å². The third-order valence-electron chi connectivity index (χ3n) is 4.03. The normalized spacial score (nSPS) is 10.7. The second kappa shape index (κ2) is 10.4. The second-order valence-corrected chi connectivity index (χ2v) is 7.86. The number of hydrogen-bond acceptors (Lipinski definition) is 5. The fourth-order valence-electron chi connectivity index (χ4n) is 2.49. The molecule has 0 aromatic heterocycles. The van der Waals surface area contributed by atoms with E-state index in [9.17, 15) is 9.59 Å². The van der Waals surface area contributed by atoms with E-state index in [2.05, 4.69) is 26.5 Å². The lowest BCUT2D eigenvalue weighted by atomic mass is 10.2. The first-order chi connectivity index (χ1) is 14.9. The molecule has 31 heavy (non-hydrogen) atoms. The van der Waals surface area contributed by atoms with Crippen LogP contribution in [0.15, 0.2) is 70.2 Å². The Balaban J connectivity index is 1.61. The molecule has 3 aromatic carbocycles. The Morgan fingerprint density at radius 1 is 1.00 bits per heavy atom. The maximum absolute atomic E-state index is 12.3. The Morgan fingerprint density at radius 2 is 1.74 bits per heavy atom. The monoisotopic (exact) mass is 520 g/mol. The number of carbonyl (C=O) groups excluding carboxylic acids is 2. The second-order valence-electron chi connectivity index (χ2n) is 6.13. The van der Waals surface area contributed by atoms with E-state index in [0.717, 1.165) is 4.47 Å². The van der Waals surface area contributed by atoms with Crippen molar-refractivity contribution in [3.63, 3.8) is 0 Å². The Labute approximate surface area is 196 Å². The predicted octanol–water partition coefficient (Wildman–Crippen LogP) is 5.75. The van der Waals surface area contributed by atoms with E-state index in [1.165, 1.54) is 31.5 Å². The molecule has 9 heteroatoms. The summed E-state index contributed by atoms with van der Waals surface area (Å²) in [4.78, 5) is 24.5. The summed E-state index contributed by atoms with van der Waals surface area (Å²) in [5.74, 6) is -0.197. The number of hydrogen-bond donors (Lipinski definition) is 1. The highest BCUT2D eigenvalue weighted by Crippen LogP contribution is 2.24. The highest BCUT2D eigenvalue weighted by atomic mass is 79.9. The van der Waals surface area contributed by atoms with Crippen molar-refractivity contribution in [2.75, 3.05) is 7.11 Å². The number of hydrazone groups is 1. The van der Waals surface area contributed by atoms with Gasteiger partial charge in [-0.15, -0.1) is 0 Å². The van der Waals surface area contributed by atoms with Crippen LogP contribution in [-0.4, -0.2) is 25.2 Å². The van der Waals surface area contributed by atoms with Crippen LogP contribution < -0.4 is 14.9 Å². The van der Waals surface area contributed by atoms with Gasteiger partial charge in [-0.3, -0.25) is 4.79 Å². The van der Waals surface area contributed by atoms with E-state index in [-0.39, 0.29) is 10.6 Å². The molecular weight excluding hydrogens is 507 g/mol. The van der Waals surface area contributed by atoms with Crippen molar-refractivity contribution in [3.05, 3.63) is 91.9 Å². The van der Waals surface area contributed by atoms with Crippen LogP contribution in [0.1, 0.15) is 26.3 Å². The van der Waals surface area contributed by atoms with Crippen LogP contribution in [0, 0.1) is 0 Å². The fraction of sp³-hybridized carbons (Fsp3) is 0.0455. The Hall–Kier alpha value is -2.87. The van der Waals surface area contributed by atoms with E-state index in [1.807, 2.05) is 0 Å². The molecule has 1 amide bonds. The van der Waals surface area contributed by atoms with Gasteiger partial charge in [0.25, 0.3) is 5.91 Å². The molecule has 0 atom stereocenters. The number of rotatable bonds is 6. The molecule has 0 saturated heterocycles. The number of methoxy groups -OCH3 is 1. The summed E-state index contributed by atoms with van der Waals surface area (Å²) < 4.78 is 11.2. The minimum atomic E-state index is -0.560. The van der Waals surface area contributed by atoms with Crippen LogP contribution >= 0.6 is 39.1 Å². The molecule has 0 unspecified atom stereocenters. The molecule has 0 aliphatic carbocycles. The van der Waals surface area contributed by atoms with Crippen LogP contribution in [0.2, 0.25) is 10.0 Å². The number of amides is 1. The van der Waals surface area contributed by atoms with Crippen LogP contribution in [0.4, 0.5) is 0 Å². The molecule has 0 heterocycles. The summed E-state index contributed by atoms with van der Waals surface area (Å²) in [6.07, 6.45) is 1.47. The van der Waals surface area contributed by atoms with Gasteiger partial charge in [-0.05, 0) is 66.2 Å². The van der Waals surface area contributed by atoms with Crippen LogP contribution in [0.5, 0.6) is 11.5 Å². The Kier molecular flexibility index (Phi) is 7.68. The average molecular weight is 522 g/mol. The standard InChI is InChI=1S/C22H15BrCl2N2O4/c1-30-20-9-5-15(23)11-17(20)21(28)27-26-12-13-2-6-16(7-3-13)31-22(29)14-4-8-18(24)19(25)10-14/h2-12H,1H3,(H,27,28)/b26-12-. The van der Waals surface area contributed by atoms with Gasteiger partial charge in [0, 0.05) is 4.47 Å². The van der Waals surface area contributed by atoms with Crippen LogP contribution in [0.25, 0.3) is 0 Å². The van der Waals surface area contributed by atoms with Gasteiger partial charge in [-0.1, -0.05) is 39.1 Å². The minimum Gasteiger partial charge on any atom is -0.496 e. The number of halogens is 3. The van der Waals surface area contributed by atoms with E-state index in [1.54, 1.807) is 42.5 Å². The zero-order valence-corrected chi connectivity index (χ0v) is 19.2. The fourth-order valence-corrected chi connectivity index (χ4v) is 3.15. The molecule has 0 bridgehead atoms. The Bertz CT molecular complexity index is 1150. The van der Waals surface area contributed by atoms with Gasteiger partial charge in [-0.2, -0.15) is 5.10 Å². The molecule has 0 aliphatic rings. The molecule has 0 saturated carbocycles. The molecule has 0 aliphatic heterocycles. The molecule has 3 aromatic rings. The number of esters is 1. The topological polar surface area (TPSA) is 77.0 Å². The summed E-state index contributed by atoms with van der Waals surface area (Å²) in [7, 11) is 1.49. The molecule has 3 rings (SSSR count). The Morgan fingerprint density at radius 3 is 2.42 bits per heavy atom. The first-order valence-corrected chi connectivity index (χ1v) is 10.4. The summed E-state index contributed by atoms with van der Waals surface area (Å²) >= 11 is 15.1. The summed E-state index contributed by atoms with van der Waals surface area (Å²) in [6.45, 7) is 0. The van der Waals surface area contributed by atoms with Gasteiger partial charge >= 0.3 is 5.97 Å². The van der Waals surface area contributed by atoms with Gasteiger partial charge in [0.05, 0.1) is 34.5 Å². The largest absolute Gasteiger partial charge is 0.496 e. The number of ether oxygens (including phenoxy) is 2. The summed E-state index contributed by atoms with van der Waals surface area (Å²) in [5, 5.41) is 4.57. The molecular formula is C22H15BrCl2N2O4. The van der Waals surface area contributed by atoms with Crippen molar-refractivity contribution < 1.29 is 19.1 Å². The highest BCUT2D eigenvalue weighted by molar-refractivity contribution is 9.10. The van der Waals surface area contributed by atoms with E-state index in [4.69, 9.17) is 32.7 Å². The van der Waals surface area contributed by atoms with Crippen LogP contribution in [0.3, 0.4) is 0 Å². The number of nitrogens with one attached hydrogen (secondary N) is 1. The number of benzene rings is 3. The minimum absolute atomic E-state index is 0.269. The maximum atomic E-state index is 12.3. The summed E-state index contributed by atoms with van der Waals surface area (Å²) in [5.41, 5.74) is 3.77. The lowest BCUT2D eigenvalue weighted by molar-refractivity contribution is 0.0734. The highest BCUT2D eigenvalue weighted by Gasteiger charge is 2.12. The third-order valence-corrected chi connectivity index (χ3v) is 5.26. The van der Waals surface area contributed by atoms with E-state index in [0.29, 0.717) is 27.6 Å². The molecule has 1 N–H and O–H groups in total. The maximum Gasteiger partial charge on any atom is 0.343 e. The van der Waals surface area contributed by atoms with Gasteiger partial charge < -0.3 is 9.47 Å². The van der Waals surface area contributed by atoms with Crippen molar-refractivity contribution in [3.8, 4) is 11.5 Å². The van der Waals surface area contributed by atoms with Crippen molar-refractivity contribution >= 4 is 57.2 Å². The average Bonchev–Trinajstić information content (AvgIpc) is 2.76. The van der Waals surface area contributed by atoms with Gasteiger partial charge in [0.15, 0.2) is 0 Å². The molecule has 158 valence electrons. The SMILES string of the molecule is COc1ccc(Br)cc1C(=O)N/N=C\c1ccc(OC(=O)c2ccc(Cl)c(Cl)c2)cc1. The van der Waals surface area contributed by atoms with Crippen molar-refractivity contribution in [1.82, 2.24) is 5.43 Å². The first-order valence-electron chi connectivity index (χ1n) is 8.81. The van der Waals surface area contributed by atoms with Gasteiger partial charge in [0.2, 0.25) is 0 Å². The van der Waals surface area contributed by atoms with E-state index < -0.39 is 11.9 Å². The zero-order chi connectivity index (χ0) is 22.4. The predicted molar refractivity (Wildman–Crippen MR) is 124 cm³/mol. The van der Waals surface area contributed by atoms with E-state index >= 15 is 0 Å². The smallest absolute Gasteiger partial charge is 0.343 e.